The van der Waals surface area contributed by atoms with Crippen molar-refractivity contribution in [2.75, 3.05) is 5.32 Å². The normalized spacial score (nSPS) is 10.9. The molecule has 0 fully saturated rings. The van der Waals surface area contributed by atoms with Crippen molar-refractivity contribution >= 4 is 38.6 Å². The molecule has 4 rings (SSSR count). The lowest BCUT2D eigenvalue weighted by atomic mass is 10.1. The number of hydrogen-bond donors (Lipinski definition) is 2. The molecule has 0 bridgehead atoms. The number of rotatable bonds is 3. The average molecular weight is 380 g/mol. The molecule has 0 unspecified atom stereocenters. The topological polar surface area (TPSA) is 66.5 Å². The number of aryl methyl sites for hydroxylation is 1. The van der Waals surface area contributed by atoms with Gasteiger partial charge in [0.1, 0.15) is 5.65 Å². The van der Waals surface area contributed by atoms with Crippen molar-refractivity contribution in [1.29, 1.82) is 0 Å². The van der Waals surface area contributed by atoms with Gasteiger partial charge in [0.2, 0.25) is 5.95 Å². The first-order chi connectivity index (χ1) is 11.7. The van der Waals surface area contributed by atoms with Crippen LogP contribution in [0.5, 0.6) is 0 Å². The summed E-state index contributed by atoms with van der Waals surface area (Å²) in [5.74, 6) is 0.558. The quantitative estimate of drug-likeness (QED) is 0.534. The minimum absolute atomic E-state index is 0.558. The third-order valence-electron chi connectivity index (χ3n) is 3.68. The van der Waals surface area contributed by atoms with E-state index in [0.29, 0.717) is 5.95 Å². The van der Waals surface area contributed by atoms with E-state index < -0.39 is 0 Å². The Bertz CT molecular complexity index is 1020. The van der Waals surface area contributed by atoms with E-state index >= 15 is 0 Å². The van der Waals surface area contributed by atoms with Gasteiger partial charge in [-0.05, 0) is 43.3 Å². The molecule has 0 aliphatic heterocycles. The van der Waals surface area contributed by atoms with Crippen molar-refractivity contribution in [2.24, 2.45) is 0 Å². The van der Waals surface area contributed by atoms with Crippen LogP contribution in [0.15, 0.2) is 59.3 Å². The summed E-state index contributed by atoms with van der Waals surface area (Å²) in [6, 6.07) is 13.9. The Balaban J connectivity index is 1.74. The largest absolute Gasteiger partial charge is 0.344 e. The molecule has 0 radical (unpaired) electrons. The number of fused-ring (bicyclic) bond motifs is 1. The second-order valence-electron chi connectivity index (χ2n) is 5.47. The van der Waals surface area contributed by atoms with Crippen molar-refractivity contribution in [2.45, 2.75) is 6.92 Å². The van der Waals surface area contributed by atoms with E-state index in [2.05, 4.69) is 47.2 Å². The Morgan fingerprint density at radius 2 is 1.92 bits per heavy atom. The Morgan fingerprint density at radius 1 is 1.04 bits per heavy atom. The predicted molar refractivity (Wildman–Crippen MR) is 99.3 cm³/mol. The zero-order chi connectivity index (χ0) is 16.5. The van der Waals surface area contributed by atoms with Gasteiger partial charge in [-0.2, -0.15) is 0 Å². The summed E-state index contributed by atoms with van der Waals surface area (Å²) in [5, 5.41) is 4.29. The third kappa shape index (κ3) is 2.88. The Labute approximate surface area is 147 Å². The standard InChI is InChI=1S/C18H14BrN5/c1-11-9-15-14(5-7-20-17(15)22-11)16-6-8-21-18(24-16)23-13-4-2-3-12(19)10-13/h2-10H,1H3,(H,20,22)(H,21,23,24). The highest BCUT2D eigenvalue weighted by Gasteiger charge is 2.09. The SMILES string of the molecule is Cc1cc2c(-c3ccnc(Nc4cccc(Br)c4)n3)ccnc2[nH]1. The Hall–Kier alpha value is -2.73. The summed E-state index contributed by atoms with van der Waals surface area (Å²) < 4.78 is 1.00. The highest BCUT2D eigenvalue weighted by atomic mass is 79.9. The van der Waals surface area contributed by atoms with Gasteiger partial charge in [-0.3, -0.25) is 0 Å². The summed E-state index contributed by atoms with van der Waals surface area (Å²) in [7, 11) is 0. The van der Waals surface area contributed by atoms with E-state index in [4.69, 9.17) is 0 Å². The number of aromatic amines is 1. The van der Waals surface area contributed by atoms with E-state index in [9.17, 15) is 0 Å². The van der Waals surface area contributed by atoms with Gasteiger partial charge in [-0.25, -0.2) is 15.0 Å². The van der Waals surface area contributed by atoms with Crippen LogP contribution in [0.1, 0.15) is 5.69 Å². The zero-order valence-electron chi connectivity index (χ0n) is 12.9. The van der Waals surface area contributed by atoms with Gasteiger partial charge in [0.15, 0.2) is 0 Å². The van der Waals surface area contributed by atoms with Crippen LogP contribution in [0.4, 0.5) is 11.6 Å². The van der Waals surface area contributed by atoms with Gasteiger partial charge in [-0.15, -0.1) is 0 Å². The zero-order valence-corrected chi connectivity index (χ0v) is 14.5. The van der Waals surface area contributed by atoms with E-state index in [0.717, 1.165) is 38.1 Å². The number of pyridine rings is 1. The fraction of sp³-hybridized carbons (Fsp3) is 0.0556. The van der Waals surface area contributed by atoms with Gasteiger partial charge < -0.3 is 10.3 Å². The molecule has 0 aliphatic carbocycles. The molecule has 24 heavy (non-hydrogen) atoms. The van der Waals surface area contributed by atoms with Crippen molar-refractivity contribution in [3.05, 3.63) is 65.0 Å². The smallest absolute Gasteiger partial charge is 0.227 e. The minimum Gasteiger partial charge on any atom is -0.344 e. The Kier molecular flexibility index (Phi) is 3.74. The van der Waals surface area contributed by atoms with E-state index in [1.807, 2.05) is 43.3 Å². The van der Waals surface area contributed by atoms with Crippen molar-refractivity contribution in [3.8, 4) is 11.3 Å². The second kappa shape index (κ2) is 6.05. The molecule has 118 valence electrons. The van der Waals surface area contributed by atoms with Crippen LogP contribution in [0, 0.1) is 6.92 Å². The number of benzene rings is 1. The highest BCUT2D eigenvalue weighted by molar-refractivity contribution is 9.10. The molecule has 6 heteroatoms. The van der Waals surface area contributed by atoms with Crippen molar-refractivity contribution in [1.82, 2.24) is 19.9 Å². The summed E-state index contributed by atoms with van der Waals surface area (Å²) in [5.41, 5.74) is 4.76. The number of nitrogens with zero attached hydrogens (tertiary/aromatic N) is 3. The van der Waals surface area contributed by atoms with Gasteiger partial charge in [-0.1, -0.05) is 22.0 Å². The van der Waals surface area contributed by atoms with Crippen LogP contribution in [-0.2, 0) is 0 Å². The van der Waals surface area contributed by atoms with Gasteiger partial charge >= 0.3 is 0 Å². The first-order valence-electron chi connectivity index (χ1n) is 7.49. The van der Waals surface area contributed by atoms with Crippen LogP contribution >= 0.6 is 15.9 Å². The van der Waals surface area contributed by atoms with Gasteiger partial charge in [0.25, 0.3) is 0 Å². The van der Waals surface area contributed by atoms with E-state index in [1.165, 1.54) is 0 Å². The van der Waals surface area contributed by atoms with Crippen molar-refractivity contribution in [3.63, 3.8) is 0 Å². The van der Waals surface area contributed by atoms with Crippen LogP contribution < -0.4 is 5.32 Å². The minimum atomic E-state index is 0.558. The molecule has 0 saturated carbocycles. The number of H-pyrrole nitrogens is 1. The summed E-state index contributed by atoms with van der Waals surface area (Å²) in [6.45, 7) is 2.02. The summed E-state index contributed by atoms with van der Waals surface area (Å²) in [6.07, 6.45) is 3.55. The lowest BCUT2D eigenvalue weighted by Gasteiger charge is -2.07. The molecule has 1 aromatic carbocycles. The number of nitrogens with one attached hydrogen (secondary N) is 2. The maximum Gasteiger partial charge on any atom is 0.227 e. The number of anilines is 2. The fourth-order valence-corrected chi connectivity index (χ4v) is 3.05. The fourth-order valence-electron chi connectivity index (χ4n) is 2.65. The van der Waals surface area contributed by atoms with Crippen molar-refractivity contribution < 1.29 is 0 Å². The number of aromatic nitrogens is 4. The lowest BCUT2D eigenvalue weighted by Crippen LogP contribution is -1.98. The number of hydrogen-bond acceptors (Lipinski definition) is 4. The third-order valence-corrected chi connectivity index (χ3v) is 4.17. The van der Waals surface area contributed by atoms with Gasteiger partial charge in [0.05, 0.1) is 5.69 Å². The van der Waals surface area contributed by atoms with E-state index in [-0.39, 0.29) is 0 Å². The molecular formula is C18H14BrN5. The lowest BCUT2D eigenvalue weighted by molar-refractivity contribution is 1.17. The predicted octanol–water partition coefficient (Wildman–Crippen LogP) is 4.83. The Morgan fingerprint density at radius 3 is 2.79 bits per heavy atom. The average Bonchev–Trinajstić information content (AvgIpc) is 2.95. The first-order valence-corrected chi connectivity index (χ1v) is 8.29. The summed E-state index contributed by atoms with van der Waals surface area (Å²) >= 11 is 3.46. The molecule has 0 saturated heterocycles. The molecule has 4 aromatic rings. The molecule has 0 atom stereocenters. The van der Waals surface area contributed by atoms with Crippen LogP contribution in [0.2, 0.25) is 0 Å². The van der Waals surface area contributed by atoms with E-state index in [1.54, 1.807) is 12.4 Å². The number of halogens is 1. The second-order valence-corrected chi connectivity index (χ2v) is 6.39. The molecule has 3 heterocycles. The molecule has 5 nitrogen and oxygen atoms in total. The first kappa shape index (κ1) is 14.8. The maximum atomic E-state index is 4.65. The highest BCUT2D eigenvalue weighted by Crippen LogP contribution is 2.27. The molecule has 0 aliphatic rings. The van der Waals surface area contributed by atoms with Gasteiger partial charge in [0, 0.05) is 39.2 Å². The monoisotopic (exact) mass is 379 g/mol. The van der Waals surface area contributed by atoms with Crippen LogP contribution in [0.3, 0.4) is 0 Å². The van der Waals surface area contributed by atoms with Crippen LogP contribution in [0.25, 0.3) is 22.3 Å². The molecule has 3 aromatic heterocycles. The maximum absolute atomic E-state index is 4.65. The van der Waals surface area contributed by atoms with Crippen LogP contribution in [-0.4, -0.2) is 19.9 Å². The molecular weight excluding hydrogens is 366 g/mol. The molecule has 0 spiro atoms. The summed E-state index contributed by atoms with van der Waals surface area (Å²) in [4.78, 5) is 16.6. The molecule has 0 amide bonds. The molecule has 2 N–H and O–H groups in total.